The molecule has 0 spiro atoms. The van der Waals surface area contributed by atoms with Gasteiger partial charge in [-0.1, -0.05) is 0 Å². The van der Waals surface area contributed by atoms with Gasteiger partial charge in [0.2, 0.25) is 11.7 Å². The van der Waals surface area contributed by atoms with E-state index in [0.29, 0.717) is 42.2 Å². The number of aliphatic hydroxyl groups excluding tert-OH is 1. The van der Waals surface area contributed by atoms with Crippen LogP contribution in [0.4, 0.5) is 17.6 Å². The molecule has 5 rings (SSSR count). The molecule has 3 aromatic rings. The van der Waals surface area contributed by atoms with E-state index < -0.39 is 0 Å². The largest absolute Gasteiger partial charge is 0.493 e. The molecule has 1 saturated heterocycles. The molecule has 11 heteroatoms. The number of fused-ring (bicyclic) bond motifs is 1. The molecule has 2 aliphatic rings. The minimum Gasteiger partial charge on any atom is -0.493 e. The van der Waals surface area contributed by atoms with Crippen LogP contribution in [0.1, 0.15) is 24.1 Å². The summed E-state index contributed by atoms with van der Waals surface area (Å²) < 4.78 is 23.9. The van der Waals surface area contributed by atoms with Crippen molar-refractivity contribution in [3.63, 3.8) is 0 Å². The predicted molar refractivity (Wildman–Crippen MR) is 129 cm³/mol. The fourth-order valence-electron chi connectivity index (χ4n) is 4.67. The number of benzene rings is 1. The first kappa shape index (κ1) is 23.2. The van der Waals surface area contributed by atoms with Crippen LogP contribution in [0.5, 0.6) is 17.2 Å². The number of nitrogens with zero attached hydrogens (tertiary/aromatic N) is 5. The summed E-state index contributed by atoms with van der Waals surface area (Å²) >= 11 is 0. The Hall–Kier alpha value is -3.57. The highest BCUT2D eigenvalue weighted by Gasteiger charge is 2.30. The van der Waals surface area contributed by atoms with E-state index >= 15 is 0 Å². The minimum atomic E-state index is 0.0583. The molecule has 0 saturated carbocycles. The third-order valence-corrected chi connectivity index (χ3v) is 6.43. The SMILES string of the molecule is COc1cc(-n2cnc(Nc3nc4c(c(N5CCC[C@H]5CO)n3)COCC4)c2)cc(OC)c1OC. The molecule has 1 aromatic carbocycles. The highest BCUT2D eigenvalue weighted by atomic mass is 16.5. The Morgan fingerprint density at radius 2 is 1.94 bits per heavy atom. The third-order valence-electron chi connectivity index (χ3n) is 6.43. The molecule has 186 valence electrons. The Bertz CT molecular complexity index is 1170. The van der Waals surface area contributed by atoms with Crippen molar-refractivity contribution in [2.24, 2.45) is 0 Å². The van der Waals surface area contributed by atoms with Crippen LogP contribution >= 0.6 is 0 Å². The fraction of sp³-hybridized carbons (Fsp3) is 0.458. The van der Waals surface area contributed by atoms with E-state index in [1.54, 1.807) is 27.7 Å². The molecular formula is C24H30N6O5. The Kier molecular flexibility index (Phi) is 6.60. The van der Waals surface area contributed by atoms with Crippen LogP contribution < -0.4 is 24.4 Å². The van der Waals surface area contributed by atoms with Gasteiger partial charge in [-0.2, -0.15) is 4.98 Å². The van der Waals surface area contributed by atoms with Gasteiger partial charge < -0.3 is 38.8 Å². The molecule has 1 fully saturated rings. The zero-order chi connectivity index (χ0) is 24.4. The van der Waals surface area contributed by atoms with E-state index in [1.165, 1.54) is 0 Å². The van der Waals surface area contributed by atoms with E-state index in [-0.39, 0.29) is 12.6 Å². The van der Waals surface area contributed by atoms with Crippen LogP contribution in [0.2, 0.25) is 0 Å². The first-order valence-corrected chi connectivity index (χ1v) is 11.6. The van der Waals surface area contributed by atoms with Crippen LogP contribution in [-0.4, -0.2) is 71.8 Å². The normalized spacial score (nSPS) is 17.3. The number of hydrogen-bond donors (Lipinski definition) is 2. The summed E-state index contributed by atoms with van der Waals surface area (Å²) in [5.41, 5.74) is 2.77. The molecule has 0 amide bonds. The van der Waals surface area contributed by atoms with Gasteiger partial charge in [0.25, 0.3) is 0 Å². The quantitative estimate of drug-likeness (QED) is 0.496. The zero-order valence-corrected chi connectivity index (χ0v) is 20.2. The first-order chi connectivity index (χ1) is 17.1. The predicted octanol–water partition coefficient (Wildman–Crippen LogP) is 2.47. The van der Waals surface area contributed by atoms with Gasteiger partial charge in [-0.15, -0.1) is 0 Å². The summed E-state index contributed by atoms with van der Waals surface area (Å²) in [4.78, 5) is 16.2. The lowest BCUT2D eigenvalue weighted by atomic mass is 10.1. The number of aromatic nitrogens is 4. The average Bonchev–Trinajstić information content (AvgIpc) is 3.57. The Balaban J connectivity index is 1.45. The summed E-state index contributed by atoms with van der Waals surface area (Å²) in [6.07, 6.45) is 6.22. The topological polar surface area (TPSA) is 116 Å². The van der Waals surface area contributed by atoms with Gasteiger partial charge >= 0.3 is 0 Å². The van der Waals surface area contributed by atoms with Crippen LogP contribution in [-0.2, 0) is 17.8 Å². The number of rotatable bonds is 8. The van der Waals surface area contributed by atoms with Crippen molar-refractivity contribution in [3.8, 4) is 22.9 Å². The Morgan fingerprint density at radius 3 is 2.66 bits per heavy atom. The summed E-state index contributed by atoms with van der Waals surface area (Å²) in [6.45, 7) is 2.06. The molecule has 1 atom stereocenters. The standard InChI is InChI=1S/C24H30N6O5/c1-32-19-9-16(10-20(33-2)22(19)34-3)29-11-21(25-14-29)27-24-26-18-6-8-35-13-17(18)23(28-24)30-7-4-5-15(30)12-31/h9-11,14-15,31H,4-8,12-13H2,1-3H3,(H,26,27,28)/t15-/m0/s1. The lowest BCUT2D eigenvalue weighted by molar-refractivity contribution is 0.109. The minimum absolute atomic E-state index is 0.0583. The molecule has 0 bridgehead atoms. The van der Waals surface area contributed by atoms with Crippen LogP contribution in [0.25, 0.3) is 5.69 Å². The number of anilines is 3. The highest BCUT2D eigenvalue weighted by Crippen LogP contribution is 2.39. The molecule has 2 N–H and O–H groups in total. The fourth-order valence-corrected chi connectivity index (χ4v) is 4.67. The van der Waals surface area contributed by atoms with Crippen molar-refractivity contribution in [3.05, 3.63) is 35.9 Å². The molecular weight excluding hydrogens is 452 g/mol. The van der Waals surface area contributed by atoms with Crippen molar-refractivity contribution in [2.75, 3.05) is 51.3 Å². The van der Waals surface area contributed by atoms with E-state index in [4.69, 9.17) is 28.9 Å². The maximum absolute atomic E-state index is 9.85. The number of aliphatic hydroxyl groups is 1. The van der Waals surface area contributed by atoms with E-state index in [1.807, 2.05) is 22.9 Å². The number of hydrogen-bond acceptors (Lipinski definition) is 10. The van der Waals surface area contributed by atoms with Crippen molar-refractivity contribution in [1.82, 2.24) is 19.5 Å². The summed E-state index contributed by atoms with van der Waals surface area (Å²) in [7, 11) is 4.74. The smallest absolute Gasteiger partial charge is 0.230 e. The molecule has 0 unspecified atom stereocenters. The second-order valence-corrected chi connectivity index (χ2v) is 8.45. The van der Waals surface area contributed by atoms with Gasteiger partial charge in [0, 0.05) is 30.7 Å². The number of methoxy groups -OCH3 is 3. The molecule has 11 nitrogen and oxygen atoms in total. The molecule has 0 aliphatic carbocycles. The Morgan fingerprint density at radius 1 is 1.14 bits per heavy atom. The van der Waals surface area contributed by atoms with Gasteiger partial charge in [0.15, 0.2) is 17.3 Å². The van der Waals surface area contributed by atoms with E-state index in [2.05, 4.69) is 15.2 Å². The van der Waals surface area contributed by atoms with Crippen LogP contribution in [0.3, 0.4) is 0 Å². The molecule has 4 heterocycles. The van der Waals surface area contributed by atoms with Crippen molar-refractivity contribution in [2.45, 2.75) is 31.9 Å². The van der Waals surface area contributed by atoms with Crippen molar-refractivity contribution >= 4 is 17.6 Å². The zero-order valence-electron chi connectivity index (χ0n) is 20.2. The second kappa shape index (κ2) is 9.96. The number of imidazole rings is 1. The third kappa shape index (κ3) is 4.44. The maximum Gasteiger partial charge on any atom is 0.230 e. The maximum atomic E-state index is 9.85. The van der Waals surface area contributed by atoms with Crippen molar-refractivity contribution in [1.29, 1.82) is 0 Å². The van der Waals surface area contributed by atoms with E-state index in [0.717, 1.165) is 48.6 Å². The van der Waals surface area contributed by atoms with Crippen LogP contribution in [0.15, 0.2) is 24.7 Å². The Labute approximate surface area is 203 Å². The lowest BCUT2D eigenvalue weighted by Gasteiger charge is -2.29. The van der Waals surface area contributed by atoms with E-state index in [9.17, 15) is 5.11 Å². The molecule has 0 radical (unpaired) electrons. The summed E-state index contributed by atoms with van der Waals surface area (Å²) in [5, 5.41) is 13.1. The van der Waals surface area contributed by atoms with Gasteiger partial charge in [0.05, 0.1) is 64.8 Å². The number of ether oxygens (including phenoxy) is 4. The van der Waals surface area contributed by atoms with Gasteiger partial charge in [0.1, 0.15) is 12.1 Å². The second-order valence-electron chi connectivity index (χ2n) is 8.45. The molecule has 2 aromatic heterocycles. The number of nitrogens with one attached hydrogen (secondary N) is 1. The van der Waals surface area contributed by atoms with Gasteiger partial charge in [-0.05, 0) is 12.8 Å². The monoisotopic (exact) mass is 482 g/mol. The van der Waals surface area contributed by atoms with Crippen molar-refractivity contribution < 1.29 is 24.1 Å². The average molecular weight is 483 g/mol. The summed E-state index contributed by atoms with van der Waals surface area (Å²) in [6, 6.07) is 3.76. The molecule has 35 heavy (non-hydrogen) atoms. The van der Waals surface area contributed by atoms with Crippen LogP contribution in [0, 0.1) is 0 Å². The lowest BCUT2D eigenvalue weighted by Crippen LogP contribution is -2.34. The van der Waals surface area contributed by atoms with Gasteiger partial charge in [-0.3, -0.25) is 0 Å². The van der Waals surface area contributed by atoms with Gasteiger partial charge in [-0.25, -0.2) is 9.97 Å². The highest BCUT2D eigenvalue weighted by molar-refractivity contribution is 5.60. The first-order valence-electron chi connectivity index (χ1n) is 11.6. The summed E-state index contributed by atoms with van der Waals surface area (Å²) in [5.74, 6) is 3.53. The molecule has 2 aliphatic heterocycles.